The van der Waals surface area contributed by atoms with Crippen molar-refractivity contribution in [2.75, 3.05) is 6.61 Å². The minimum atomic E-state index is -0.630. The Morgan fingerprint density at radius 2 is 1.82 bits per heavy atom. The average molecular weight is 401 g/mol. The zero-order valence-electron chi connectivity index (χ0n) is 15.3. The Labute approximate surface area is 166 Å². The minimum Gasteiger partial charge on any atom is -0.485 e. The number of ketones is 1. The molecule has 0 unspecified atom stereocenters. The molecular formula is C21H18ClFN2O3. The normalized spacial score (nSPS) is 10.7. The molecule has 0 aliphatic heterocycles. The highest BCUT2D eigenvalue weighted by atomic mass is 35.5. The van der Waals surface area contributed by atoms with Crippen LogP contribution in [0.4, 0.5) is 4.39 Å². The number of hydrogen-bond donors (Lipinski definition) is 1. The lowest BCUT2D eigenvalue weighted by atomic mass is 10.1. The molecule has 0 saturated heterocycles. The zero-order chi connectivity index (χ0) is 20.4. The molecule has 1 amide bonds. The van der Waals surface area contributed by atoms with Crippen molar-refractivity contribution in [1.29, 1.82) is 0 Å². The van der Waals surface area contributed by atoms with Crippen LogP contribution < -0.4 is 10.5 Å². The second kappa shape index (κ2) is 7.86. The summed E-state index contributed by atoms with van der Waals surface area (Å²) in [6.45, 7) is 3.37. The monoisotopic (exact) mass is 400 g/mol. The summed E-state index contributed by atoms with van der Waals surface area (Å²) in [6, 6.07) is 12.6. The third kappa shape index (κ3) is 3.77. The first-order valence-electron chi connectivity index (χ1n) is 8.48. The molecule has 0 atom stereocenters. The third-order valence-corrected chi connectivity index (χ3v) is 4.69. The highest BCUT2D eigenvalue weighted by Gasteiger charge is 2.19. The van der Waals surface area contributed by atoms with Crippen LogP contribution in [0.1, 0.15) is 32.1 Å². The van der Waals surface area contributed by atoms with Gasteiger partial charge in [0.25, 0.3) is 5.91 Å². The van der Waals surface area contributed by atoms with Gasteiger partial charge in [0.15, 0.2) is 6.61 Å². The SMILES string of the molecule is Cc1cc(C(=O)COc2ccccc2C(N)=O)c(C)n1-c1ccc(F)c(Cl)c1. The molecule has 2 N–H and O–H groups in total. The van der Waals surface area contributed by atoms with Crippen LogP contribution in [0.15, 0.2) is 48.5 Å². The van der Waals surface area contributed by atoms with Gasteiger partial charge in [-0.15, -0.1) is 0 Å². The number of amides is 1. The second-order valence-corrected chi connectivity index (χ2v) is 6.70. The maximum absolute atomic E-state index is 13.5. The van der Waals surface area contributed by atoms with E-state index < -0.39 is 11.7 Å². The Morgan fingerprint density at radius 1 is 1.11 bits per heavy atom. The number of para-hydroxylation sites is 1. The van der Waals surface area contributed by atoms with Gasteiger partial charge in [-0.2, -0.15) is 0 Å². The standard InChI is InChI=1S/C21H18ClFN2O3/c1-12-9-16(13(2)25(12)14-7-8-18(23)17(22)10-14)19(26)11-28-20-6-4-3-5-15(20)21(24)27/h3-10H,11H2,1-2H3,(H2,24,27). The number of nitrogens with two attached hydrogens (primary N) is 1. The van der Waals surface area contributed by atoms with E-state index in [1.807, 2.05) is 11.5 Å². The van der Waals surface area contributed by atoms with Crippen LogP contribution in [0.5, 0.6) is 5.75 Å². The summed E-state index contributed by atoms with van der Waals surface area (Å²) >= 11 is 5.88. The first-order valence-corrected chi connectivity index (χ1v) is 8.86. The molecule has 1 heterocycles. The number of halogens is 2. The van der Waals surface area contributed by atoms with Crippen molar-refractivity contribution in [3.05, 3.63) is 81.9 Å². The Morgan fingerprint density at radius 3 is 2.50 bits per heavy atom. The number of ether oxygens (including phenoxy) is 1. The van der Waals surface area contributed by atoms with Crippen molar-refractivity contribution in [2.45, 2.75) is 13.8 Å². The number of rotatable bonds is 6. The van der Waals surface area contributed by atoms with Crippen LogP contribution in [0.3, 0.4) is 0 Å². The molecule has 0 aliphatic carbocycles. The number of benzene rings is 2. The van der Waals surface area contributed by atoms with Crippen molar-refractivity contribution in [3.63, 3.8) is 0 Å². The van der Waals surface area contributed by atoms with Gasteiger partial charge in [0.2, 0.25) is 5.78 Å². The predicted molar refractivity (Wildman–Crippen MR) is 105 cm³/mol. The summed E-state index contributed by atoms with van der Waals surface area (Å²) in [7, 11) is 0. The number of hydrogen-bond acceptors (Lipinski definition) is 3. The molecule has 1 aromatic heterocycles. The highest BCUT2D eigenvalue weighted by Crippen LogP contribution is 2.25. The zero-order valence-corrected chi connectivity index (χ0v) is 16.1. The number of carbonyl (C=O) groups is 2. The van der Waals surface area contributed by atoms with E-state index in [4.69, 9.17) is 22.1 Å². The summed E-state index contributed by atoms with van der Waals surface area (Å²) in [5, 5.41) is 0.00395. The minimum absolute atomic E-state index is 0.00395. The summed E-state index contributed by atoms with van der Waals surface area (Å²) in [5.74, 6) is -1.14. The van der Waals surface area contributed by atoms with Crippen LogP contribution in [-0.4, -0.2) is 22.9 Å². The van der Waals surface area contributed by atoms with E-state index in [1.54, 1.807) is 37.3 Å². The lowest BCUT2D eigenvalue weighted by molar-refractivity contribution is 0.0911. The lowest BCUT2D eigenvalue weighted by Crippen LogP contribution is -2.17. The first-order chi connectivity index (χ1) is 13.3. The molecule has 3 rings (SSSR count). The first kappa shape index (κ1) is 19.6. The molecule has 0 saturated carbocycles. The fourth-order valence-corrected chi connectivity index (χ4v) is 3.26. The van der Waals surface area contributed by atoms with Gasteiger partial charge in [-0.3, -0.25) is 9.59 Å². The number of Topliss-reactive ketones (excluding diaryl/α,β-unsaturated/α-hetero) is 1. The van der Waals surface area contributed by atoms with Crippen LogP contribution in [0, 0.1) is 19.7 Å². The van der Waals surface area contributed by atoms with Gasteiger partial charge in [0.1, 0.15) is 11.6 Å². The van der Waals surface area contributed by atoms with E-state index in [0.29, 0.717) is 16.9 Å². The van der Waals surface area contributed by atoms with E-state index in [2.05, 4.69) is 0 Å². The van der Waals surface area contributed by atoms with E-state index >= 15 is 0 Å². The smallest absolute Gasteiger partial charge is 0.252 e. The fraction of sp³-hybridized carbons (Fsp3) is 0.143. The Kier molecular flexibility index (Phi) is 5.51. The fourth-order valence-electron chi connectivity index (χ4n) is 3.08. The summed E-state index contributed by atoms with van der Waals surface area (Å²) < 4.78 is 20.8. The molecule has 0 aliphatic rings. The maximum Gasteiger partial charge on any atom is 0.252 e. The molecule has 2 aromatic carbocycles. The second-order valence-electron chi connectivity index (χ2n) is 6.29. The van der Waals surface area contributed by atoms with Crippen molar-refractivity contribution in [1.82, 2.24) is 4.57 Å². The van der Waals surface area contributed by atoms with Crippen LogP contribution >= 0.6 is 11.6 Å². The summed E-state index contributed by atoms with van der Waals surface area (Å²) in [5.41, 5.74) is 8.12. The maximum atomic E-state index is 13.5. The number of carbonyl (C=O) groups excluding carboxylic acids is 2. The lowest BCUT2D eigenvalue weighted by Gasteiger charge is -2.11. The number of nitrogens with zero attached hydrogens (tertiary/aromatic N) is 1. The summed E-state index contributed by atoms with van der Waals surface area (Å²) in [6.07, 6.45) is 0. The number of primary amides is 1. The van der Waals surface area contributed by atoms with Crippen molar-refractivity contribution >= 4 is 23.3 Å². The number of aryl methyl sites for hydroxylation is 1. The molecule has 0 radical (unpaired) electrons. The van der Waals surface area contributed by atoms with Gasteiger partial charge in [-0.1, -0.05) is 23.7 Å². The molecule has 5 nitrogen and oxygen atoms in total. The van der Waals surface area contributed by atoms with Crippen molar-refractivity contribution < 1.29 is 18.7 Å². The predicted octanol–water partition coefficient (Wildman–Crippen LogP) is 4.25. The van der Waals surface area contributed by atoms with Gasteiger partial charge in [0, 0.05) is 22.6 Å². The Balaban J connectivity index is 1.86. The highest BCUT2D eigenvalue weighted by molar-refractivity contribution is 6.30. The van der Waals surface area contributed by atoms with E-state index in [9.17, 15) is 14.0 Å². The van der Waals surface area contributed by atoms with E-state index in [0.717, 1.165) is 5.69 Å². The molecule has 0 spiro atoms. The van der Waals surface area contributed by atoms with E-state index in [1.165, 1.54) is 18.2 Å². The van der Waals surface area contributed by atoms with Gasteiger partial charge in [0.05, 0.1) is 10.6 Å². The van der Waals surface area contributed by atoms with Crippen LogP contribution in [0.2, 0.25) is 5.02 Å². The topological polar surface area (TPSA) is 74.3 Å². The molecule has 0 fully saturated rings. The van der Waals surface area contributed by atoms with Crippen LogP contribution in [0.25, 0.3) is 5.69 Å². The van der Waals surface area contributed by atoms with E-state index in [-0.39, 0.29) is 28.7 Å². The third-order valence-electron chi connectivity index (χ3n) is 4.40. The average Bonchev–Trinajstić information content (AvgIpc) is 2.96. The molecule has 144 valence electrons. The largest absolute Gasteiger partial charge is 0.485 e. The number of aromatic nitrogens is 1. The Bertz CT molecular complexity index is 1080. The van der Waals surface area contributed by atoms with Crippen LogP contribution in [-0.2, 0) is 0 Å². The summed E-state index contributed by atoms with van der Waals surface area (Å²) in [4.78, 5) is 24.2. The molecule has 7 heteroatoms. The molecule has 0 bridgehead atoms. The van der Waals surface area contributed by atoms with Gasteiger partial charge < -0.3 is 15.0 Å². The molecule has 3 aromatic rings. The van der Waals surface area contributed by atoms with Crippen molar-refractivity contribution in [3.8, 4) is 11.4 Å². The van der Waals surface area contributed by atoms with Crippen molar-refractivity contribution in [2.24, 2.45) is 5.73 Å². The van der Waals surface area contributed by atoms with Gasteiger partial charge in [-0.05, 0) is 50.2 Å². The van der Waals surface area contributed by atoms with Gasteiger partial charge >= 0.3 is 0 Å². The molecular weight excluding hydrogens is 383 g/mol. The quantitative estimate of drug-likeness (QED) is 0.628. The van der Waals surface area contributed by atoms with Gasteiger partial charge in [-0.25, -0.2) is 4.39 Å². The Hall–Kier alpha value is -3.12. The molecule has 28 heavy (non-hydrogen) atoms.